The van der Waals surface area contributed by atoms with Crippen LogP contribution in [0.1, 0.15) is 15.9 Å². The van der Waals surface area contributed by atoms with E-state index < -0.39 is 10.8 Å². The number of hydrogen-bond donors (Lipinski definition) is 1. The van der Waals surface area contributed by atoms with Gasteiger partial charge in [-0.05, 0) is 18.2 Å². The van der Waals surface area contributed by atoms with E-state index in [0.717, 1.165) is 16.5 Å². The highest BCUT2D eigenvalue weighted by Gasteiger charge is 2.08. The number of hydrazone groups is 1. The number of hydrogen-bond acceptors (Lipinski definition) is 5. The third kappa shape index (κ3) is 3.25. The summed E-state index contributed by atoms with van der Waals surface area (Å²) < 4.78 is 0. The van der Waals surface area contributed by atoms with Crippen LogP contribution in [-0.4, -0.2) is 22.0 Å². The third-order valence-electron chi connectivity index (χ3n) is 3.37. The smallest absolute Gasteiger partial charge is 0.267 e. The largest absolute Gasteiger partial charge is 0.271 e. The van der Waals surface area contributed by atoms with Gasteiger partial charge in [0.05, 0.1) is 16.7 Å². The molecule has 7 nitrogen and oxygen atoms in total. The van der Waals surface area contributed by atoms with Gasteiger partial charge in [0.15, 0.2) is 0 Å². The van der Waals surface area contributed by atoms with Crippen LogP contribution in [0.2, 0.25) is 0 Å². The molecular weight excluding hydrogens is 308 g/mol. The van der Waals surface area contributed by atoms with Gasteiger partial charge in [0, 0.05) is 34.8 Å². The Morgan fingerprint density at radius 2 is 1.88 bits per heavy atom. The summed E-state index contributed by atoms with van der Waals surface area (Å²) in [5, 5.41) is 15.5. The number of para-hydroxylation sites is 1. The minimum atomic E-state index is -0.520. The van der Waals surface area contributed by atoms with Gasteiger partial charge in [-0.15, -0.1) is 0 Å². The Hall–Kier alpha value is -3.61. The van der Waals surface area contributed by atoms with Crippen LogP contribution in [0.25, 0.3) is 10.9 Å². The minimum absolute atomic E-state index is 0.0723. The summed E-state index contributed by atoms with van der Waals surface area (Å²) in [7, 11) is 0. The second kappa shape index (κ2) is 6.66. The zero-order chi connectivity index (χ0) is 16.9. The Morgan fingerprint density at radius 3 is 2.62 bits per heavy atom. The van der Waals surface area contributed by atoms with Gasteiger partial charge in [0.2, 0.25) is 0 Å². The number of non-ortho nitro benzene ring substituents is 1. The van der Waals surface area contributed by atoms with Crippen molar-refractivity contribution in [2.75, 3.05) is 0 Å². The molecule has 0 aliphatic rings. The van der Waals surface area contributed by atoms with Crippen molar-refractivity contribution in [3.05, 3.63) is 82.0 Å². The van der Waals surface area contributed by atoms with Gasteiger partial charge in [0.25, 0.3) is 11.6 Å². The lowest BCUT2D eigenvalue weighted by molar-refractivity contribution is -0.384. The molecule has 0 saturated carbocycles. The lowest BCUT2D eigenvalue weighted by atomic mass is 10.1. The summed E-state index contributed by atoms with van der Waals surface area (Å²) in [5.41, 5.74) is 4.17. The Bertz CT molecular complexity index is 931. The number of rotatable bonds is 4. The van der Waals surface area contributed by atoms with Crippen LogP contribution in [0.5, 0.6) is 0 Å². The zero-order valence-electron chi connectivity index (χ0n) is 12.4. The first-order valence-electron chi connectivity index (χ1n) is 7.07. The standard InChI is InChI=1S/C17H12N4O3/c22-17(13-6-8-15(9-7-13)21(23)24)20-19-11-14-4-1-3-12-5-2-10-18-16(12)14/h1-11H,(H,20,22). The maximum atomic E-state index is 12.0. The number of aromatic nitrogens is 1. The van der Waals surface area contributed by atoms with Crippen molar-refractivity contribution in [1.29, 1.82) is 0 Å². The molecule has 2 aromatic carbocycles. The molecule has 3 aromatic rings. The molecule has 1 heterocycles. The minimum Gasteiger partial charge on any atom is -0.267 e. The second-order valence-electron chi connectivity index (χ2n) is 4.93. The lowest BCUT2D eigenvalue weighted by Gasteiger charge is -2.01. The summed E-state index contributed by atoms with van der Waals surface area (Å²) in [6.45, 7) is 0. The number of nitro benzene ring substituents is 1. The van der Waals surface area contributed by atoms with Gasteiger partial charge < -0.3 is 0 Å². The molecule has 3 rings (SSSR count). The highest BCUT2D eigenvalue weighted by atomic mass is 16.6. The van der Waals surface area contributed by atoms with Crippen molar-refractivity contribution in [1.82, 2.24) is 10.4 Å². The SMILES string of the molecule is O=C(NN=Cc1cccc2cccnc12)c1ccc([N+](=O)[O-])cc1. The van der Waals surface area contributed by atoms with Crippen LogP contribution in [0.4, 0.5) is 5.69 Å². The van der Waals surface area contributed by atoms with Crippen LogP contribution >= 0.6 is 0 Å². The van der Waals surface area contributed by atoms with Crippen molar-refractivity contribution in [2.24, 2.45) is 5.10 Å². The van der Waals surface area contributed by atoms with Crippen LogP contribution in [-0.2, 0) is 0 Å². The maximum absolute atomic E-state index is 12.0. The number of benzene rings is 2. The monoisotopic (exact) mass is 320 g/mol. The number of carbonyl (C=O) groups excluding carboxylic acids is 1. The predicted molar refractivity (Wildman–Crippen MR) is 89.9 cm³/mol. The van der Waals surface area contributed by atoms with E-state index >= 15 is 0 Å². The van der Waals surface area contributed by atoms with Crippen molar-refractivity contribution in [3.63, 3.8) is 0 Å². The number of amides is 1. The number of pyridine rings is 1. The fraction of sp³-hybridized carbons (Fsp3) is 0. The second-order valence-corrected chi connectivity index (χ2v) is 4.93. The molecule has 24 heavy (non-hydrogen) atoms. The average Bonchev–Trinajstić information content (AvgIpc) is 2.62. The fourth-order valence-corrected chi connectivity index (χ4v) is 2.19. The molecule has 0 spiro atoms. The van der Waals surface area contributed by atoms with Crippen molar-refractivity contribution >= 4 is 28.7 Å². The van der Waals surface area contributed by atoms with Crippen LogP contribution in [0.3, 0.4) is 0 Å². The third-order valence-corrected chi connectivity index (χ3v) is 3.37. The molecule has 7 heteroatoms. The van der Waals surface area contributed by atoms with Crippen LogP contribution in [0.15, 0.2) is 65.9 Å². The van der Waals surface area contributed by atoms with Crippen LogP contribution in [0, 0.1) is 10.1 Å². The molecule has 0 fully saturated rings. The Balaban J connectivity index is 1.73. The Labute approximate surface area is 136 Å². The Morgan fingerprint density at radius 1 is 1.12 bits per heavy atom. The highest BCUT2D eigenvalue weighted by molar-refractivity contribution is 5.99. The van der Waals surface area contributed by atoms with E-state index in [1.54, 1.807) is 6.20 Å². The molecule has 0 aliphatic heterocycles. The van der Waals surface area contributed by atoms with E-state index in [2.05, 4.69) is 15.5 Å². The summed E-state index contributed by atoms with van der Waals surface area (Å²) in [6, 6.07) is 14.7. The highest BCUT2D eigenvalue weighted by Crippen LogP contribution is 2.14. The molecule has 0 aliphatic carbocycles. The van der Waals surface area contributed by atoms with Gasteiger partial charge in [0.1, 0.15) is 0 Å². The van der Waals surface area contributed by atoms with E-state index in [-0.39, 0.29) is 11.3 Å². The molecule has 0 saturated heterocycles. The van der Waals surface area contributed by atoms with Gasteiger partial charge in [-0.25, -0.2) is 5.43 Å². The molecule has 0 atom stereocenters. The molecule has 118 valence electrons. The summed E-state index contributed by atoms with van der Waals surface area (Å²) >= 11 is 0. The fourth-order valence-electron chi connectivity index (χ4n) is 2.19. The van der Waals surface area contributed by atoms with E-state index in [9.17, 15) is 14.9 Å². The summed E-state index contributed by atoms with van der Waals surface area (Å²) in [6.07, 6.45) is 3.20. The van der Waals surface area contributed by atoms with Gasteiger partial charge in [-0.1, -0.05) is 24.3 Å². The number of fused-ring (bicyclic) bond motifs is 1. The average molecular weight is 320 g/mol. The van der Waals surface area contributed by atoms with E-state index in [4.69, 9.17) is 0 Å². The van der Waals surface area contributed by atoms with Gasteiger partial charge >= 0.3 is 0 Å². The molecule has 1 N–H and O–H groups in total. The zero-order valence-corrected chi connectivity index (χ0v) is 12.4. The molecule has 1 amide bonds. The van der Waals surface area contributed by atoms with Crippen molar-refractivity contribution < 1.29 is 9.72 Å². The van der Waals surface area contributed by atoms with Gasteiger partial charge in [-0.3, -0.25) is 19.9 Å². The number of carbonyl (C=O) groups is 1. The number of nitro groups is 1. The summed E-state index contributed by atoms with van der Waals surface area (Å²) in [5.74, 6) is -0.450. The molecule has 0 bridgehead atoms. The first kappa shape index (κ1) is 15.3. The van der Waals surface area contributed by atoms with Crippen molar-refractivity contribution in [3.8, 4) is 0 Å². The maximum Gasteiger partial charge on any atom is 0.271 e. The number of nitrogens with zero attached hydrogens (tertiary/aromatic N) is 3. The molecule has 1 aromatic heterocycles. The Kier molecular flexibility index (Phi) is 4.24. The normalized spacial score (nSPS) is 10.8. The first-order valence-corrected chi connectivity index (χ1v) is 7.07. The van der Waals surface area contributed by atoms with E-state index in [1.165, 1.54) is 30.5 Å². The van der Waals surface area contributed by atoms with Gasteiger partial charge in [-0.2, -0.15) is 5.10 Å². The lowest BCUT2D eigenvalue weighted by Crippen LogP contribution is -2.17. The first-order chi connectivity index (χ1) is 11.6. The molecular formula is C17H12N4O3. The topological polar surface area (TPSA) is 97.5 Å². The van der Waals surface area contributed by atoms with E-state index in [1.807, 2.05) is 30.3 Å². The molecule has 0 unspecified atom stereocenters. The summed E-state index contributed by atoms with van der Waals surface area (Å²) in [4.78, 5) is 26.3. The number of nitrogens with one attached hydrogen (secondary N) is 1. The van der Waals surface area contributed by atoms with Crippen LogP contribution < -0.4 is 5.43 Å². The van der Waals surface area contributed by atoms with Crippen molar-refractivity contribution in [2.45, 2.75) is 0 Å². The predicted octanol–water partition coefficient (Wildman–Crippen LogP) is 2.91. The quantitative estimate of drug-likeness (QED) is 0.454. The molecule has 0 radical (unpaired) electrons. The van der Waals surface area contributed by atoms with E-state index in [0.29, 0.717) is 0 Å².